The van der Waals surface area contributed by atoms with Crippen molar-refractivity contribution in [1.82, 2.24) is 10.2 Å². The molecule has 2 rings (SSSR count). The third-order valence-electron chi connectivity index (χ3n) is 5.11. The first kappa shape index (κ1) is 16.3. The van der Waals surface area contributed by atoms with E-state index in [2.05, 4.69) is 31.0 Å². The first-order chi connectivity index (χ1) is 9.74. The van der Waals surface area contributed by atoms with Gasteiger partial charge in [-0.05, 0) is 45.1 Å². The van der Waals surface area contributed by atoms with Crippen molar-refractivity contribution in [3.8, 4) is 0 Å². The molecule has 0 spiro atoms. The van der Waals surface area contributed by atoms with E-state index in [1.807, 2.05) is 0 Å². The van der Waals surface area contributed by atoms with Crippen molar-refractivity contribution >= 4 is 0 Å². The average Bonchev–Trinajstić information content (AvgIpc) is 2.97. The Balaban J connectivity index is 1.93. The molecular formula is C17H34N2O. The van der Waals surface area contributed by atoms with Gasteiger partial charge in [0.1, 0.15) is 0 Å². The Morgan fingerprint density at radius 1 is 1.25 bits per heavy atom. The molecule has 2 aliphatic rings. The van der Waals surface area contributed by atoms with Crippen LogP contribution in [0.25, 0.3) is 0 Å². The molecule has 0 amide bonds. The third-order valence-corrected chi connectivity index (χ3v) is 5.11. The molecule has 0 aromatic heterocycles. The molecule has 1 aliphatic heterocycles. The zero-order valence-corrected chi connectivity index (χ0v) is 13.7. The Labute approximate surface area is 125 Å². The van der Waals surface area contributed by atoms with Crippen molar-refractivity contribution in [2.75, 3.05) is 26.2 Å². The van der Waals surface area contributed by atoms with E-state index in [-0.39, 0.29) is 0 Å². The zero-order chi connectivity index (χ0) is 14.4. The normalized spacial score (nSPS) is 30.8. The average molecular weight is 282 g/mol. The monoisotopic (exact) mass is 282 g/mol. The summed E-state index contributed by atoms with van der Waals surface area (Å²) in [5, 5.41) is 3.84. The second kappa shape index (κ2) is 8.35. The highest BCUT2D eigenvalue weighted by molar-refractivity contribution is 4.87. The van der Waals surface area contributed by atoms with Crippen molar-refractivity contribution in [3.05, 3.63) is 0 Å². The molecule has 3 heteroatoms. The van der Waals surface area contributed by atoms with Crippen molar-refractivity contribution < 1.29 is 4.74 Å². The van der Waals surface area contributed by atoms with Crippen molar-refractivity contribution in [1.29, 1.82) is 0 Å². The van der Waals surface area contributed by atoms with E-state index in [9.17, 15) is 0 Å². The summed E-state index contributed by atoms with van der Waals surface area (Å²) in [4.78, 5) is 2.69. The van der Waals surface area contributed by atoms with Gasteiger partial charge in [0.15, 0.2) is 0 Å². The number of nitrogens with one attached hydrogen (secondary N) is 1. The first-order valence-corrected chi connectivity index (χ1v) is 8.83. The van der Waals surface area contributed by atoms with Crippen LogP contribution >= 0.6 is 0 Å². The van der Waals surface area contributed by atoms with Crippen molar-refractivity contribution in [2.45, 2.75) is 77.5 Å². The lowest BCUT2D eigenvalue weighted by molar-refractivity contribution is -0.0603. The highest BCUT2D eigenvalue weighted by Crippen LogP contribution is 2.29. The van der Waals surface area contributed by atoms with Gasteiger partial charge in [0.2, 0.25) is 0 Å². The SMILES string of the molecule is CCCNC(CN1CC(C)OCC1CC)C1CCCC1. The van der Waals surface area contributed by atoms with Crippen LogP contribution < -0.4 is 5.32 Å². The first-order valence-electron chi connectivity index (χ1n) is 8.83. The van der Waals surface area contributed by atoms with E-state index < -0.39 is 0 Å². The number of nitrogens with zero attached hydrogens (tertiary/aromatic N) is 1. The molecule has 0 aromatic rings. The van der Waals surface area contributed by atoms with Gasteiger partial charge in [-0.25, -0.2) is 0 Å². The van der Waals surface area contributed by atoms with E-state index in [4.69, 9.17) is 4.74 Å². The van der Waals surface area contributed by atoms with Gasteiger partial charge >= 0.3 is 0 Å². The van der Waals surface area contributed by atoms with Crippen LogP contribution in [-0.4, -0.2) is 49.3 Å². The van der Waals surface area contributed by atoms with E-state index >= 15 is 0 Å². The number of hydrogen-bond donors (Lipinski definition) is 1. The van der Waals surface area contributed by atoms with Gasteiger partial charge in [-0.2, -0.15) is 0 Å². The standard InChI is InChI=1S/C17H34N2O/c1-4-10-18-17(15-8-6-7-9-15)12-19-11-14(3)20-13-16(19)5-2/h14-18H,4-13H2,1-3H3. The van der Waals surface area contributed by atoms with Gasteiger partial charge in [-0.3, -0.25) is 4.90 Å². The maximum absolute atomic E-state index is 5.84. The maximum atomic E-state index is 5.84. The number of rotatable bonds is 7. The summed E-state index contributed by atoms with van der Waals surface area (Å²) in [6.07, 6.45) is 8.57. The summed E-state index contributed by atoms with van der Waals surface area (Å²) < 4.78 is 5.84. The summed E-state index contributed by atoms with van der Waals surface area (Å²) in [7, 11) is 0. The fraction of sp³-hybridized carbons (Fsp3) is 1.00. The number of morpholine rings is 1. The Hall–Kier alpha value is -0.120. The van der Waals surface area contributed by atoms with Gasteiger partial charge in [-0.1, -0.05) is 26.7 Å². The molecule has 20 heavy (non-hydrogen) atoms. The molecule has 3 unspecified atom stereocenters. The van der Waals surface area contributed by atoms with Crippen LogP contribution in [0.15, 0.2) is 0 Å². The van der Waals surface area contributed by atoms with Gasteiger partial charge in [0.25, 0.3) is 0 Å². The second-order valence-corrected chi connectivity index (χ2v) is 6.77. The maximum Gasteiger partial charge on any atom is 0.0674 e. The highest BCUT2D eigenvalue weighted by Gasteiger charge is 2.31. The van der Waals surface area contributed by atoms with Crippen LogP contribution in [0.1, 0.15) is 59.3 Å². The predicted molar refractivity (Wildman–Crippen MR) is 85.1 cm³/mol. The van der Waals surface area contributed by atoms with E-state index in [1.165, 1.54) is 45.1 Å². The molecule has 1 N–H and O–H groups in total. The molecule has 0 bridgehead atoms. The quantitative estimate of drug-likeness (QED) is 0.777. The van der Waals surface area contributed by atoms with Crippen LogP contribution in [0.2, 0.25) is 0 Å². The lowest BCUT2D eigenvalue weighted by Crippen LogP contribution is -2.54. The Bertz CT molecular complexity index is 266. The molecule has 1 aliphatic carbocycles. The number of hydrogen-bond acceptors (Lipinski definition) is 3. The summed E-state index contributed by atoms with van der Waals surface area (Å²) >= 11 is 0. The van der Waals surface area contributed by atoms with E-state index in [1.54, 1.807) is 0 Å². The summed E-state index contributed by atoms with van der Waals surface area (Å²) in [6, 6.07) is 1.32. The predicted octanol–water partition coefficient (Wildman–Crippen LogP) is 3.04. The van der Waals surface area contributed by atoms with Crippen LogP contribution in [0, 0.1) is 5.92 Å². The molecule has 2 fully saturated rings. The molecule has 3 nitrogen and oxygen atoms in total. The molecule has 1 saturated heterocycles. The Kier molecular flexibility index (Phi) is 6.79. The van der Waals surface area contributed by atoms with Crippen LogP contribution in [-0.2, 0) is 4.74 Å². The topological polar surface area (TPSA) is 24.5 Å². The van der Waals surface area contributed by atoms with E-state index in [0.717, 1.165) is 25.6 Å². The minimum atomic E-state index is 0.396. The molecule has 0 aromatic carbocycles. The third kappa shape index (κ3) is 4.44. The fourth-order valence-corrected chi connectivity index (χ4v) is 3.83. The van der Waals surface area contributed by atoms with Crippen LogP contribution in [0.5, 0.6) is 0 Å². The minimum absolute atomic E-state index is 0.396. The molecule has 1 heterocycles. The van der Waals surface area contributed by atoms with Crippen LogP contribution in [0.3, 0.4) is 0 Å². The van der Waals surface area contributed by atoms with Gasteiger partial charge in [-0.15, -0.1) is 0 Å². The minimum Gasteiger partial charge on any atom is -0.376 e. The van der Waals surface area contributed by atoms with Crippen molar-refractivity contribution in [2.24, 2.45) is 5.92 Å². The van der Waals surface area contributed by atoms with Gasteiger partial charge < -0.3 is 10.1 Å². The Morgan fingerprint density at radius 2 is 2.00 bits per heavy atom. The molecular weight excluding hydrogens is 248 g/mol. The fourth-order valence-electron chi connectivity index (χ4n) is 3.83. The largest absolute Gasteiger partial charge is 0.376 e. The van der Waals surface area contributed by atoms with Gasteiger partial charge in [0.05, 0.1) is 12.7 Å². The van der Waals surface area contributed by atoms with Crippen LogP contribution in [0.4, 0.5) is 0 Å². The van der Waals surface area contributed by atoms with Gasteiger partial charge in [0, 0.05) is 25.2 Å². The Morgan fingerprint density at radius 3 is 2.65 bits per heavy atom. The summed E-state index contributed by atoms with van der Waals surface area (Å²) in [5.74, 6) is 0.900. The number of ether oxygens (including phenoxy) is 1. The molecule has 1 saturated carbocycles. The summed E-state index contributed by atoms with van der Waals surface area (Å²) in [5.41, 5.74) is 0. The highest BCUT2D eigenvalue weighted by atomic mass is 16.5. The zero-order valence-electron chi connectivity index (χ0n) is 13.7. The molecule has 118 valence electrons. The molecule has 3 atom stereocenters. The van der Waals surface area contributed by atoms with E-state index in [0.29, 0.717) is 18.2 Å². The lowest BCUT2D eigenvalue weighted by Gasteiger charge is -2.41. The summed E-state index contributed by atoms with van der Waals surface area (Å²) in [6.45, 7) is 11.2. The smallest absolute Gasteiger partial charge is 0.0674 e. The van der Waals surface area contributed by atoms with Crippen molar-refractivity contribution in [3.63, 3.8) is 0 Å². The lowest BCUT2D eigenvalue weighted by atomic mass is 9.96. The molecule has 0 radical (unpaired) electrons. The second-order valence-electron chi connectivity index (χ2n) is 6.77.